The second kappa shape index (κ2) is 6.15. The molecular weight excluding hydrogens is 238 g/mol. The molecule has 0 fully saturated rings. The van der Waals surface area contributed by atoms with Gasteiger partial charge in [0.15, 0.2) is 0 Å². The van der Waals surface area contributed by atoms with Crippen LogP contribution in [0.5, 0.6) is 0 Å². The van der Waals surface area contributed by atoms with Crippen LogP contribution >= 0.6 is 0 Å². The number of ether oxygens (including phenoxy) is 1. The van der Waals surface area contributed by atoms with E-state index in [1.54, 1.807) is 20.0 Å². The molecule has 1 rings (SSSR count). The summed E-state index contributed by atoms with van der Waals surface area (Å²) >= 11 is 0. The number of carbonyl (C=O) groups excluding carboxylic acids is 1. The highest BCUT2D eigenvalue weighted by molar-refractivity contribution is 5.95. The van der Waals surface area contributed by atoms with Crippen LogP contribution in [0, 0.1) is 6.92 Å². The summed E-state index contributed by atoms with van der Waals surface area (Å²) in [5.41, 5.74) is 1.03. The van der Waals surface area contributed by atoms with Crippen molar-refractivity contribution in [3.8, 4) is 0 Å². The van der Waals surface area contributed by atoms with Gasteiger partial charge in [0.1, 0.15) is 11.7 Å². The van der Waals surface area contributed by atoms with E-state index in [1.165, 1.54) is 11.8 Å². The Labute approximate surface area is 105 Å². The van der Waals surface area contributed by atoms with Gasteiger partial charge in [0, 0.05) is 27.2 Å². The number of amides is 1. The number of aliphatic carboxylic acids is 1. The molecule has 1 heterocycles. The van der Waals surface area contributed by atoms with Crippen LogP contribution in [-0.4, -0.2) is 46.5 Å². The first kappa shape index (κ1) is 14.2. The number of hydrogen-bond donors (Lipinski definition) is 2. The van der Waals surface area contributed by atoms with Gasteiger partial charge in [-0.3, -0.25) is 9.48 Å². The zero-order chi connectivity index (χ0) is 13.7. The van der Waals surface area contributed by atoms with Crippen molar-refractivity contribution in [2.75, 3.05) is 13.7 Å². The molecule has 1 amide bonds. The monoisotopic (exact) mass is 255 g/mol. The predicted molar refractivity (Wildman–Crippen MR) is 63.3 cm³/mol. The molecule has 0 aliphatic heterocycles. The first-order chi connectivity index (χ1) is 8.45. The quantitative estimate of drug-likeness (QED) is 0.743. The van der Waals surface area contributed by atoms with Crippen LogP contribution in [0.2, 0.25) is 0 Å². The molecule has 0 bridgehead atoms. The number of rotatable bonds is 6. The molecule has 0 aliphatic rings. The lowest BCUT2D eigenvalue weighted by Gasteiger charge is -2.13. The Kier molecular flexibility index (Phi) is 4.85. The van der Waals surface area contributed by atoms with Gasteiger partial charge < -0.3 is 15.2 Å². The van der Waals surface area contributed by atoms with E-state index in [-0.39, 0.29) is 13.0 Å². The van der Waals surface area contributed by atoms with Gasteiger partial charge in [0.25, 0.3) is 5.91 Å². The number of nitrogens with one attached hydrogen (secondary N) is 1. The molecule has 7 heteroatoms. The lowest BCUT2D eigenvalue weighted by Crippen LogP contribution is -2.42. The summed E-state index contributed by atoms with van der Waals surface area (Å²) in [7, 11) is 3.11. The summed E-state index contributed by atoms with van der Waals surface area (Å²) in [5, 5.41) is 15.5. The Bertz CT molecular complexity index is 441. The van der Waals surface area contributed by atoms with Crippen LogP contribution in [0.1, 0.15) is 22.6 Å². The average molecular weight is 255 g/mol. The number of aromatic nitrogens is 2. The fraction of sp³-hybridized carbons (Fsp3) is 0.545. The van der Waals surface area contributed by atoms with Gasteiger partial charge in [-0.15, -0.1) is 0 Å². The van der Waals surface area contributed by atoms with E-state index < -0.39 is 17.9 Å². The van der Waals surface area contributed by atoms with E-state index in [0.29, 0.717) is 11.4 Å². The first-order valence-corrected chi connectivity index (χ1v) is 5.49. The Morgan fingerprint density at radius 3 is 2.72 bits per heavy atom. The Balaban J connectivity index is 2.72. The number of carboxylic acid groups (broad SMARTS) is 1. The number of methoxy groups -OCH3 is 1. The SMILES string of the molecule is COCCC(NC(=O)c1cc(C)nn1C)C(=O)O. The topological polar surface area (TPSA) is 93.5 Å². The first-order valence-electron chi connectivity index (χ1n) is 5.49. The Morgan fingerprint density at radius 2 is 2.28 bits per heavy atom. The summed E-state index contributed by atoms with van der Waals surface area (Å²) in [6.45, 7) is 2.03. The number of carbonyl (C=O) groups is 2. The largest absolute Gasteiger partial charge is 0.480 e. The zero-order valence-electron chi connectivity index (χ0n) is 10.6. The summed E-state index contributed by atoms with van der Waals surface area (Å²) in [5.74, 6) is -1.54. The molecular formula is C11H17N3O4. The fourth-order valence-electron chi connectivity index (χ4n) is 1.55. The van der Waals surface area contributed by atoms with Crippen molar-refractivity contribution in [1.82, 2.24) is 15.1 Å². The number of hydrogen-bond acceptors (Lipinski definition) is 4. The van der Waals surface area contributed by atoms with E-state index in [9.17, 15) is 9.59 Å². The van der Waals surface area contributed by atoms with Gasteiger partial charge in [-0.1, -0.05) is 0 Å². The molecule has 1 aromatic rings. The fourth-order valence-corrected chi connectivity index (χ4v) is 1.55. The summed E-state index contributed by atoms with van der Waals surface area (Å²) in [6.07, 6.45) is 0.217. The predicted octanol–water partition coefficient (Wildman–Crippen LogP) is -0.0520. The third-order valence-electron chi connectivity index (χ3n) is 2.45. The summed E-state index contributed by atoms with van der Waals surface area (Å²) in [4.78, 5) is 22.9. The molecule has 0 saturated heterocycles. The Morgan fingerprint density at radius 1 is 1.61 bits per heavy atom. The highest BCUT2D eigenvalue weighted by Gasteiger charge is 2.22. The van der Waals surface area contributed by atoms with Gasteiger partial charge in [-0.2, -0.15) is 5.10 Å². The maximum atomic E-state index is 11.9. The van der Waals surface area contributed by atoms with Crippen LogP contribution in [0.15, 0.2) is 6.07 Å². The van der Waals surface area contributed by atoms with Crippen molar-refractivity contribution < 1.29 is 19.4 Å². The summed E-state index contributed by atoms with van der Waals surface area (Å²) < 4.78 is 6.22. The molecule has 1 atom stereocenters. The van der Waals surface area contributed by atoms with E-state index in [4.69, 9.17) is 9.84 Å². The second-order valence-corrected chi connectivity index (χ2v) is 3.94. The minimum absolute atomic E-state index is 0.217. The van der Waals surface area contributed by atoms with Crippen LogP contribution in [0.4, 0.5) is 0 Å². The van der Waals surface area contributed by atoms with Gasteiger partial charge in [0.2, 0.25) is 0 Å². The summed E-state index contributed by atoms with van der Waals surface area (Å²) in [6, 6.07) is 0.637. The standard InChI is InChI=1S/C11H17N3O4/c1-7-6-9(14(2)13-7)10(15)12-8(11(16)17)4-5-18-3/h6,8H,4-5H2,1-3H3,(H,12,15)(H,16,17). The van der Waals surface area contributed by atoms with Crippen LogP contribution in [-0.2, 0) is 16.6 Å². The molecule has 7 nitrogen and oxygen atoms in total. The third-order valence-corrected chi connectivity index (χ3v) is 2.45. The van der Waals surface area contributed by atoms with E-state index in [1.807, 2.05) is 0 Å². The van der Waals surface area contributed by atoms with Gasteiger partial charge in [-0.25, -0.2) is 4.79 Å². The zero-order valence-corrected chi connectivity index (χ0v) is 10.6. The van der Waals surface area contributed by atoms with Crippen molar-refractivity contribution in [2.24, 2.45) is 7.05 Å². The molecule has 2 N–H and O–H groups in total. The maximum Gasteiger partial charge on any atom is 0.326 e. The van der Waals surface area contributed by atoms with E-state index in [2.05, 4.69) is 10.4 Å². The second-order valence-electron chi connectivity index (χ2n) is 3.94. The maximum absolute atomic E-state index is 11.9. The van der Waals surface area contributed by atoms with Gasteiger partial charge >= 0.3 is 5.97 Å². The van der Waals surface area contributed by atoms with Crippen LogP contribution < -0.4 is 5.32 Å². The molecule has 0 spiro atoms. The van der Waals surface area contributed by atoms with Crippen molar-refractivity contribution in [2.45, 2.75) is 19.4 Å². The number of carboxylic acids is 1. The highest BCUT2D eigenvalue weighted by Crippen LogP contribution is 2.03. The van der Waals surface area contributed by atoms with Crippen LogP contribution in [0.3, 0.4) is 0 Å². The molecule has 1 aromatic heterocycles. The molecule has 18 heavy (non-hydrogen) atoms. The van der Waals surface area contributed by atoms with E-state index >= 15 is 0 Å². The van der Waals surface area contributed by atoms with Crippen molar-refractivity contribution >= 4 is 11.9 Å². The lowest BCUT2D eigenvalue weighted by atomic mass is 10.2. The van der Waals surface area contributed by atoms with E-state index in [0.717, 1.165) is 0 Å². The minimum atomic E-state index is -1.08. The Hall–Kier alpha value is -1.89. The number of aryl methyl sites for hydroxylation is 2. The van der Waals surface area contributed by atoms with Crippen molar-refractivity contribution in [3.63, 3.8) is 0 Å². The van der Waals surface area contributed by atoms with Crippen molar-refractivity contribution in [1.29, 1.82) is 0 Å². The minimum Gasteiger partial charge on any atom is -0.480 e. The number of nitrogens with zero attached hydrogens (tertiary/aromatic N) is 2. The van der Waals surface area contributed by atoms with Crippen molar-refractivity contribution in [3.05, 3.63) is 17.5 Å². The molecule has 1 unspecified atom stereocenters. The average Bonchev–Trinajstić information content (AvgIpc) is 2.63. The lowest BCUT2D eigenvalue weighted by molar-refractivity contribution is -0.139. The van der Waals surface area contributed by atoms with Crippen LogP contribution in [0.25, 0.3) is 0 Å². The molecule has 0 saturated carbocycles. The normalized spacial score (nSPS) is 12.2. The smallest absolute Gasteiger partial charge is 0.326 e. The molecule has 0 radical (unpaired) electrons. The highest BCUT2D eigenvalue weighted by atomic mass is 16.5. The molecule has 0 aromatic carbocycles. The molecule has 100 valence electrons. The van der Waals surface area contributed by atoms with Gasteiger partial charge in [-0.05, 0) is 13.0 Å². The van der Waals surface area contributed by atoms with Gasteiger partial charge in [0.05, 0.1) is 5.69 Å². The third kappa shape index (κ3) is 3.56. The molecule has 0 aliphatic carbocycles.